The van der Waals surface area contributed by atoms with Gasteiger partial charge in [0.05, 0.1) is 0 Å². The van der Waals surface area contributed by atoms with Crippen LogP contribution in [0.4, 0.5) is 11.8 Å². The molecule has 0 saturated carbocycles. The molecule has 1 aliphatic rings. The van der Waals surface area contributed by atoms with Crippen molar-refractivity contribution >= 4 is 11.8 Å². The van der Waals surface area contributed by atoms with Gasteiger partial charge in [-0.1, -0.05) is 0 Å². The second kappa shape index (κ2) is 5.33. The van der Waals surface area contributed by atoms with E-state index in [9.17, 15) is 0 Å². The molecule has 1 fully saturated rings. The number of likely N-dealkylation sites (N-methyl/N-ethyl adjacent to an activating group) is 1. The predicted octanol–water partition coefficient (Wildman–Crippen LogP) is 1.30. The second-order valence-electron chi connectivity index (χ2n) is 5.80. The zero-order valence-corrected chi connectivity index (χ0v) is 12.9. The lowest BCUT2D eigenvalue weighted by Crippen LogP contribution is -2.32. The number of aromatic nitrogens is 2. The highest BCUT2D eigenvalue weighted by Crippen LogP contribution is 2.26. The summed E-state index contributed by atoms with van der Waals surface area (Å²) in [6.07, 6.45) is 1.20. The zero-order chi connectivity index (χ0) is 14.2. The molecule has 0 aromatic carbocycles. The van der Waals surface area contributed by atoms with Crippen LogP contribution in [0.1, 0.15) is 17.7 Å². The van der Waals surface area contributed by atoms with Gasteiger partial charge in [-0.25, -0.2) is 4.98 Å². The van der Waals surface area contributed by atoms with Crippen LogP contribution in [-0.2, 0) is 0 Å². The van der Waals surface area contributed by atoms with Crippen molar-refractivity contribution in [3.05, 3.63) is 11.3 Å². The SMILES string of the molecule is Cc1nc(N(C)C)nc(N2CCC(N(C)C)C2)c1C. The van der Waals surface area contributed by atoms with Crippen molar-refractivity contribution in [3.8, 4) is 0 Å². The van der Waals surface area contributed by atoms with Crippen LogP contribution < -0.4 is 9.80 Å². The topological polar surface area (TPSA) is 35.5 Å². The Hall–Kier alpha value is -1.36. The van der Waals surface area contributed by atoms with Crippen LogP contribution >= 0.6 is 0 Å². The standard InChI is InChI=1S/C14H25N5/c1-10-11(2)15-14(18(5)6)16-13(10)19-8-7-12(9-19)17(3)4/h12H,7-9H2,1-6H3. The molecule has 1 saturated heterocycles. The summed E-state index contributed by atoms with van der Waals surface area (Å²) in [5.41, 5.74) is 2.27. The lowest BCUT2D eigenvalue weighted by atomic mass is 10.2. The zero-order valence-electron chi connectivity index (χ0n) is 12.9. The number of nitrogens with zero attached hydrogens (tertiary/aromatic N) is 5. The molecule has 0 radical (unpaired) electrons. The average Bonchev–Trinajstić information content (AvgIpc) is 2.81. The maximum absolute atomic E-state index is 4.73. The van der Waals surface area contributed by atoms with Gasteiger partial charge in [0.25, 0.3) is 0 Å². The van der Waals surface area contributed by atoms with Crippen molar-refractivity contribution in [3.63, 3.8) is 0 Å². The molecule has 1 aliphatic heterocycles. The van der Waals surface area contributed by atoms with E-state index in [-0.39, 0.29) is 0 Å². The largest absolute Gasteiger partial charge is 0.355 e. The number of anilines is 2. The van der Waals surface area contributed by atoms with Crippen molar-refractivity contribution in [2.24, 2.45) is 0 Å². The summed E-state index contributed by atoms with van der Waals surface area (Å²) in [4.78, 5) is 15.9. The summed E-state index contributed by atoms with van der Waals surface area (Å²) < 4.78 is 0. The maximum atomic E-state index is 4.73. The van der Waals surface area contributed by atoms with Gasteiger partial charge in [-0.15, -0.1) is 0 Å². The summed E-state index contributed by atoms with van der Waals surface area (Å²) in [6, 6.07) is 0.623. The van der Waals surface area contributed by atoms with Crippen LogP contribution in [0, 0.1) is 13.8 Å². The number of hydrogen-bond acceptors (Lipinski definition) is 5. The Morgan fingerprint density at radius 2 is 1.79 bits per heavy atom. The molecule has 1 unspecified atom stereocenters. The van der Waals surface area contributed by atoms with Crippen LogP contribution in [0.3, 0.4) is 0 Å². The van der Waals surface area contributed by atoms with E-state index < -0.39 is 0 Å². The van der Waals surface area contributed by atoms with Gasteiger partial charge in [0.1, 0.15) is 5.82 Å². The highest BCUT2D eigenvalue weighted by molar-refractivity contribution is 5.53. The first-order valence-electron chi connectivity index (χ1n) is 6.84. The molecule has 1 aromatic rings. The smallest absolute Gasteiger partial charge is 0.227 e. The minimum Gasteiger partial charge on any atom is -0.355 e. The Labute approximate surface area is 116 Å². The second-order valence-corrected chi connectivity index (χ2v) is 5.80. The molecule has 0 aliphatic carbocycles. The van der Waals surface area contributed by atoms with Gasteiger partial charge in [-0.3, -0.25) is 0 Å². The monoisotopic (exact) mass is 263 g/mol. The molecule has 19 heavy (non-hydrogen) atoms. The Kier molecular flexibility index (Phi) is 3.94. The fourth-order valence-corrected chi connectivity index (χ4v) is 2.46. The highest BCUT2D eigenvalue weighted by atomic mass is 15.3. The highest BCUT2D eigenvalue weighted by Gasteiger charge is 2.26. The third kappa shape index (κ3) is 2.81. The lowest BCUT2D eigenvalue weighted by molar-refractivity contribution is 0.315. The molecule has 0 amide bonds. The fourth-order valence-electron chi connectivity index (χ4n) is 2.46. The van der Waals surface area contributed by atoms with Crippen molar-refractivity contribution in [1.82, 2.24) is 14.9 Å². The van der Waals surface area contributed by atoms with E-state index in [4.69, 9.17) is 4.98 Å². The normalized spacial score (nSPS) is 19.3. The lowest BCUT2D eigenvalue weighted by Gasteiger charge is -2.24. The first-order chi connectivity index (χ1) is 8.90. The van der Waals surface area contributed by atoms with Crippen LogP contribution in [0.15, 0.2) is 0 Å². The molecule has 106 valence electrons. The molecule has 5 heteroatoms. The Balaban J connectivity index is 2.30. The number of aryl methyl sites for hydroxylation is 1. The summed E-state index contributed by atoms with van der Waals surface area (Å²) in [7, 11) is 8.27. The minimum atomic E-state index is 0.623. The van der Waals surface area contributed by atoms with Crippen LogP contribution in [0.2, 0.25) is 0 Å². The van der Waals surface area contributed by atoms with Gasteiger partial charge in [0, 0.05) is 44.5 Å². The molecule has 1 aromatic heterocycles. The molecule has 2 rings (SSSR count). The van der Waals surface area contributed by atoms with Gasteiger partial charge in [0.15, 0.2) is 0 Å². The minimum absolute atomic E-state index is 0.623. The number of hydrogen-bond donors (Lipinski definition) is 0. The predicted molar refractivity (Wildman–Crippen MR) is 80.1 cm³/mol. The summed E-state index contributed by atoms with van der Waals surface area (Å²) in [5, 5.41) is 0. The summed E-state index contributed by atoms with van der Waals surface area (Å²) in [6.45, 7) is 6.31. The van der Waals surface area contributed by atoms with Crippen LogP contribution in [0.5, 0.6) is 0 Å². The van der Waals surface area contributed by atoms with E-state index in [1.165, 1.54) is 12.0 Å². The molecule has 5 nitrogen and oxygen atoms in total. The van der Waals surface area contributed by atoms with Gasteiger partial charge >= 0.3 is 0 Å². The van der Waals surface area contributed by atoms with Gasteiger partial charge < -0.3 is 14.7 Å². The van der Waals surface area contributed by atoms with Gasteiger partial charge in [-0.05, 0) is 34.4 Å². The molecule has 1 atom stereocenters. The third-order valence-electron chi connectivity index (χ3n) is 3.94. The van der Waals surface area contributed by atoms with Crippen molar-refractivity contribution in [1.29, 1.82) is 0 Å². The quantitative estimate of drug-likeness (QED) is 0.821. The van der Waals surface area contributed by atoms with E-state index in [1.807, 2.05) is 19.0 Å². The Bertz CT molecular complexity index is 455. The summed E-state index contributed by atoms with van der Waals surface area (Å²) >= 11 is 0. The Morgan fingerprint density at radius 1 is 1.11 bits per heavy atom. The fraction of sp³-hybridized carbons (Fsp3) is 0.714. The van der Waals surface area contributed by atoms with E-state index in [2.05, 4.69) is 42.7 Å². The Morgan fingerprint density at radius 3 is 2.32 bits per heavy atom. The first-order valence-corrected chi connectivity index (χ1v) is 6.84. The average molecular weight is 263 g/mol. The van der Waals surface area contributed by atoms with E-state index in [0.29, 0.717) is 6.04 Å². The van der Waals surface area contributed by atoms with Gasteiger partial charge in [-0.2, -0.15) is 4.98 Å². The van der Waals surface area contributed by atoms with E-state index in [0.717, 1.165) is 30.5 Å². The molecular formula is C14H25N5. The third-order valence-corrected chi connectivity index (χ3v) is 3.94. The first kappa shape index (κ1) is 14.1. The van der Waals surface area contributed by atoms with Gasteiger partial charge in [0.2, 0.25) is 5.95 Å². The molecule has 0 spiro atoms. The van der Waals surface area contributed by atoms with Crippen LogP contribution in [-0.4, -0.2) is 62.2 Å². The van der Waals surface area contributed by atoms with Crippen molar-refractivity contribution in [2.45, 2.75) is 26.3 Å². The molecule has 0 bridgehead atoms. The van der Waals surface area contributed by atoms with Crippen molar-refractivity contribution in [2.75, 3.05) is 51.1 Å². The molecular weight excluding hydrogens is 238 g/mol. The maximum Gasteiger partial charge on any atom is 0.227 e. The molecule has 0 N–H and O–H groups in total. The number of rotatable bonds is 3. The molecule has 2 heterocycles. The van der Waals surface area contributed by atoms with Crippen LogP contribution in [0.25, 0.3) is 0 Å². The summed E-state index contributed by atoms with van der Waals surface area (Å²) in [5.74, 6) is 1.90. The van der Waals surface area contributed by atoms with E-state index in [1.54, 1.807) is 0 Å². The van der Waals surface area contributed by atoms with Crippen molar-refractivity contribution < 1.29 is 0 Å². The van der Waals surface area contributed by atoms with E-state index >= 15 is 0 Å².